The van der Waals surface area contributed by atoms with Crippen molar-refractivity contribution in [2.24, 2.45) is 0 Å². The summed E-state index contributed by atoms with van der Waals surface area (Å²) < 4.78 is 45.8. The molecule has 0 radical (unpaired) electrons. The van der Waals surface area contributed by atoms with E-state index in [1.54, 1.807) is 13.8 Å². The van der Waals surface area contributed by atoms with E-state index in [0.717, 1.165) is 24.3 Å². The average Bonchev–Trinajstić information content (AvgIpc) is 2.44. The van der Waals surface area contributed by atoms with Crippen LogP contribution in [0.1, 0.15) is 25.8 Å². The predicted octanol–water partition coefficient (Wildman–Crippen LogP) is 3.72. The minimum Gasteiger partial charge on any atom is -0.453 e. The van der Waals surface area contributed by atoms with Gasteiger partial charge in [-0.2, -0.15) is 13.2 Å². The number of halogens is 4. The minimum absolute atomic E-state index is 0.0638. The molecule has 0 bridgehead atoms. The number of alkyl halides is 4. The van der Waals surface area contributed by atoms with Gasteiger partial charge in [-0.1, -0.05) is 22.9 Å². The minimum atomic E-state index is -4.46. The van der Waals surface area contributed by atoms with Crippen LogP contribution in [0.5, 0.6) is 5.75 Å². The molecular weight excluding hydrogens is 369 g/mol. The Hall–Kier alpha value is -1.57. The van der Waals surface area contributed by atoms with Crippen molar-refractivity contribution in [2.45, 2.75) is 30.8 Å². The van der Waals surface area contributed by atoms with Crippen LogP contribution in [0.4, 0.5) is 13.2 Å². The Morgan fingerprint density at radius 1 is 1.18 bits per heavy atom. The van der Waals surface area contributed by atoms with Crippen molar-refractivity contribution in [1.82, 2.24) is 0 Å². The van der Waals surface area contributed by atoms with E-state index in [1.165, 1.54) is 0 Å². The molecular formula is C14H14BrF3O4. The van der Waals surface area contributed by atoms with E-state index in [2.05, 4.69) is 15.9 Å². The third kappa shape index (κ3) is 5.32. The molecule has 0 amide bonds. The molecule has 0 aromatic heterocycles. The second kappa shape index (κ2) is 7.13. The maximum atomic E-state index is 12.4. The average molecular weight is 383 g/mol. The van der Waals surface area contributed by atoms with Crippen molar-refractivity contribution in [1.29, 1.82) is 0 Å². The molecule has 122 valence electrons. The largest absolute Gasteiger partial charge is 0.453 e. The van der Waals surface area contributed by atoms with Crippen LogP contribution in [0, 0.1) is 0 Å². The standard InChI is InChI=1S/C14H14BrF3O4/c1-3-13(2,15)12(20)21-8-11(19)22-10-6-4-9(5-7-10)14(16,17)18/h4-7H,3,8H2,1-2H3. The fourth-order valence-electron chi connectivity index (χ4n) is 1.29. The van der Waals surface area contributed by atoms with Crippen LogP contribution in [-0.2, 0) is 20.5 Å². The molecule has 4 nitrogen and oxygen atoms in total. The number of carbonyl (C=O) groups is 2. The first-order chi connectivity index (χ1) is 10.1. The summed E-state index contributed by atoms with van der Waals surface area (Å²) in [7, 11) is 0. The van der Waals surface area contributed by atoms with E-state index in [4.69, 9.17) is 9.47 Å². The zero-order chi connectivity index (χ0) is 17.0. The quantitative estimate of drug-likeness (QED) is 0.442. The Morgan fingerprint density at radius 2 is 1.73 bits per heavy atom. The second-order valence-electron chi connectivity index (χ2n) is 4.62. The van der Waals surface area contributed by atoms with Gasteiger partial charge in [-0.3, -0.25) is 4.79 Å². The molecule has 0 aliphatic heterocycles. The van der Waals surface area contributed by atoms with E-state index in [1.807, 2.05) is 0 Å². The highest BCUT2D eigenvalue weighted by atomic mass is 79.9. The van der Waals surface area contributed by atoms with Crippen LogP contribution in [0.25, 0.3) is 0 Å². The van der Waals surface area contributed by atoms with Gasteiger partial charge in [0, 0.05) is 0 Å². The van der Waals surface area contributed by atoms with Gasteiger partial charge in [0.05, 0.1) is 5.56 Å². The lowest BCUT2D eigenvalue weighted by molar-refractivity contribution is -0.155. The molecule has 1 unspecified atom stereocenters. The zero-order valence-electron chi connectivity index (χ0n) is 11.9. The van der Waals surface area contributed by atoms with Gasteiger partial charge in [0.25, 0.3) is 0 Å². The van der Waals surface area contributed by atoms with Gasteiger partial charge in [-0.05, 0) is 37.6 Å². The van der Waals surface area contributed by atoms with Gasteiger partial charge >= 0.3 is 18.1 Å². The zero-order valence-corrected chi connectivity index (χ0v) is 13.5. The molecule has 0 aliphatic carbocycles. The van der Waals surface area contributed by atoms with Gasteiger partial charge in [0.15, 0.2) is 6.61 Å². The van der Waals surface area contributed by atoms with Crippen molar-refractivity contribution in [3.8, 4) is 5.75 Å². The van der Waals surface area contributed by atoms with E-state index in [0.29, 0.717) is 6.42 Å². The number of carbonyl (C=O) groups excluding carboxylic acids is 2. The normalized spacial score (nSPS) is 14.1. The van der Waals surface area contributed by atoms with Crippen LogP contribution >= 0.6 is 15.9 Å². The number of ether oxygens (including phenoxy) is 2. The number of esters is 2. The fourth-order valence-corrected chi connectivity index (χ4v) is 1.41. The first-order valence-electron chi connectivity index (χ1n) is 6.30. The molecule has 0 fully saturated rings. The SMILES string of the molecule is CCC(C)(Br)C(=O)OCC(=O)Oc1ccc(C(F)(F)F)cc1. The first kappa shape index (κ1) is 18.5. The molecule has 0 heterocycles. The number of rotatable bonds is 5. The molecule has 22 heavy (non-hydrogen) atoms. The Balaban J connectivity index is 2.54. The molecule has 1 aromatic carbocycles. The fraction of sp³-hybridized carbons (Fsp3) is 0.429. The Morgan fingerprint density at radius 3 is 2.18 bits per heavy atom. The predicted molar refractivity (Wildman–Crippen MR) is 75.7 cm³/mol. The van der Waals surface area contributed by atoms with Crippen molar-refractivity contribution in [3.05, 3.63) is 29.8 Å². The highest BCUT2D eigenvalue weighted by Gasteiger charge is 2.31. The third-order valence-corrected chi connectivity index (χ3v) is 3.71. The van der Waals surface area contributed by atoms with Gasteiger partial charge in [0.2, 0.25) is 0 Å². The van der Waals surface area contributed by atoms with Crippen molar-refractivity contribution < 1.29 is 32.2 Å². The summed E-state index contributed by atoms with van der Waals surface area (Å²) in [5, 5.41) is 0. The Bertz CT molecular complexity index is 538. The molecule has 8 heteroatoms. The van der Waals surface area contributed by atoms with Crippen molar-refractivity contribution >= 4 is 27.9 Å². The second-order valence-corrected chi connectivity index (χ2v) is 6.37. The maximum absolute atomic E-state index is 12.4. The maximum Gasteiger partial charge on any atom is 0.416 e. The van der Waals surface area contributed by atoms with Gasteiger partial charge in [0.1, 0.15) is 10.1 Å². The monoisotopic (exact) mass is 382 g/mol. The van der Waals surface area contributed by atoms with Crippen molar-refractivity contribution in [2.75, 3.05) is 6.61 Å². The van der Waals surface area contributed by atoms with E-state index < -0.39 is 34.6 Å². The lowest BCUT2D eigenvalue weighted by atomic mass is 10.1. The summed E-state index contributed by atoms with van der Waals surface area (Å²) in [5.41, 5.74) is -0.850. The number of hydrogen-bond donors (Lipinski definition) is 0. The van der Waals surface area contributed by atoms with Crippen LogP contribution in [0.2, 0.25) is 0 Å². The molecule has 1 aromatic rings. The van der Waals surface area contributed by atoms with Crippen LogP contribution in [0.3, 0.4) is 0 Å². The first-order valence-corrected chi connectivity index (χ1v) is 7.09. The van der Waals surface area contributed by atoms with Crippen LogP contribution in [-0.4, -0.2) is 22.9 Å². The van der Waals surface area contributed by atoms with Gasteiger partial charge in [-0.15, -0.1) is 0 Å². The highest BCUT2D eigenvalue weighted by Crippen LogP contribution is 2.30. The Kier molecular flexibility index (Phi) is 5.99. The van der Waals surface area contributed by atoms with E-state index >= 15 is 0 Å². The van der Waals surface area contributed by atoms with E-state index in [9.17, 15) is 22.8 Å². The van der Waals surface area contributed by atoms with Crippen LogP contribution in [0.15, 0.2) is 24.3 Å². The third-order valence-electron chi connectivity index (χ3n) is 2.82. The molecule has 1 rings (SSSR count). The van der Waals surface area contributed by atoms with Crippen molar-refractivity contribution in [3.63, 3.8) is 0 Å². The number of hydrogen-bond acceptors (Lipinski definition) is 4. The molecule has 0 saturated carbocycles. The van der Waals surface area contributed by atoms with Gasteiger partial charge in [-0.25, -0.2) is 4.79 Å². The number of benzene rings is 1. The Labute approximate surface area is 133 Å². The molecule has 0 aliphatic rings. The summed E-state index contributed by atoms with van der Waals surface area (Å²) in [6, 6.07) is 3.62. The summed E-state index contributed by atoms with van der Waals surface area (Å²) >= 11 is 3.16. The smallest absolute Gasteiger partial charge is 0.416 e. The highest BCUT2D eigenvalue weighted by molar-refractivity contribution is 9.10. The lowest BCUT2D eigenvalue weighted by Crippen LogP contribution is -2.32. The van der Waals surface area contributed by atoms with Gasteiger partial charge < -0.3 is 9.47 Å². The summed E-state index contributed by atoms with van der Waals surface area (Å²) in [6.07, 6.45) is -4.00. The van der Waals surface area contributed by atoms with Crippen LogP contribution < -0.4 is 4.74 Å². The molecule has 0 saturated heterocycles. The molecule has 0 spiro atoms. The summed E-state index contributed by atoms with van der Waals surface area (Å²) in [5.74, 6) is -1.57. The topological polar surface area (TPSA) is 52.6 Å². The lowest BCUT2D eigenvalue weighted by Gasteiger charge is -2.17. The van der Waals surface area contributed by atoms with E-state index in [-0.39, 0.29) is 5.75 Å². The molecule has 0 N–H and O–H groups in total. The summed E-state index contributed by atoms with van der Waals surface area (Å²) in [4.78, 5) is 23.1. The molecule has 1 atom stereocenters. The summed E-state index contributed by atoms with van der Waals surface area (Å²) in [6.45, 7) is 2.73.